The molecule has 0 atom stereocenters. The molecule has 0 aliphatic heterocycles. The van der Waals surface area contributed by atoms with Crippen LogP contribution in [0.5, 0.6) is 5.75 Å². The van der Waals surface area contributed by atoms with Crippen LogP contribution in [0.4, 0.5) is 0 Å². The molecule has 1 heterocycles. The molecule has 0 aliphatic carbocycles. The van der Waals surface area contributed by atoms with Crippen molar-refractivity contribution in [1.82, 2.24) is 9.88 Å². The SMILES string of the molecule is CN(CCOc1cccc(C#CCO)c1)Cc1cscn1. The van der Waals surface area contributed by atoms with Gasteiger partial charge in [0.05, 0.1) is 11.2 Å². The summed E-state index contributed by atoms with van der Waals surface area (Å²) in [6.45, 7) is 2.13. The minimum absolute atomic E-state index is 0.132. The van der Waals surface area contributed by atoms with E-state index in [1.54, 1.807) is 11.3 Å². The number of aliphatic hydroxyl groups excluding tert-OH is 1. The van der Waals surface area contributed by atoms with E-state index in [2.05, 4.69) is 27.1 Å². The third-order valence-corrected chi connectivity index (χ3v) is 3.44. The lowest BCUT2D eigenvalue weighted by molar-refractivity contribution is 0.231. The van der Waals surface area contributed by atoms with E-state index in [1.807, 2.05) is 36.8 Å². The van der Waals surface area contributed by atoms with E-state index < -0.39 is 0 Å². The molecule has 2 rings (SSSR count). The van der Waals surface area contributed by atoms with Crippen LogP contribution in [0, 0.1) is 11.8 Å². The molecule has 21 heavy (non-hydrogen) atoms. The summed E-state index contributed by atoms with van der Waals surface area (Å²) in [4.78, 5) is 6.43. The summed E-state index contributed by atoms with van der Waals surface area (Å²) in [5.41, 5.74) is 3.78. The van der Waals surface area contributed by atoms with Crippen LogP contribution >= 0.6 is 11.3 Å². The molecule has 110 valence electrons. The lowest BCUT2D eigenvalue weighted by atomic mass is 10.2. The van der Waals surface area contributed by atoms with E-state index in [-0.39, 0.29) is 6.61 Å². The number of ether oxygens (including phenoxy) is 1. The van der Waals surface area contributed by atoms with E-state index in [1.165, 1.54) is 0 Å². The average Bonchev–Trinajstić information content (AvgIpc) is 2.98. The number of benzene rings is 1. The molecule has 0 fully saturated rings. The first-order valence-electron chi connectivity index (χ1n) is 6.66. The fraction of sp³-hybridized carbons (Fsp3) is 0.312. The van der Waals surface area contributed by atoms with Gasteiger partial charge in [-0.3, -0.25) is 4.90 Å². The van der Waals surface area contributed by atoms with Gasteiger partial charge >= 0.3 is 0 Å². The zero-order chi connectivity index (χ0) is 14.9. The second-order valence-electron chi connectivity index (χ2n) is 4.55. The van der Waals surface area contributed by atoms with Gasteiger partial charge in [0, 0.05) is 24.0 Å². The Balaban J connectivity index is 1.77. The maximum absolute atomic E-state index is 8.69. The minimum atomic E-state index is -0.132. The first-order chi connectivity index (χ1) is 10.3. The van der Waals surface area contributed by atoms with Gasteiger partial charge in [-0.05, 0) is 25.2 Å². The van der Waals surface area contributed by atoms with Crippen LogP contribution in [0.3, 0.4) is 0 Å². The summed E-state index contributed by atoms with van der Waals surface area (Å²) in [5, 5.41) is 10.7. The van der Waals surface area contributed by atoms with Crippen LogP contribution in [-0.2, 0) is 6.54 Å². The molecule has 0 aliphatic rings. The van der Waals surface area contributed by atoms with Crippen LogP contribution in [-0.4, -0.2) is 41.8 Å². The van der Waals surface area contributed by atoms with E-state index in [9.17, 15) is 0 Å². The molecular weight excluding hydrogens is 284 g/mol. The highest BCUT2D eigenvalue weighted by Crippen LogP contribution is 2.12. The highest BCUT2D eigenvalue weighted by Gasteiger charge is 2.02. The summed E-state index contributed by atoms with van der Waals surface area (Å²) in [6.07, 6.45) is 0. The van der Waals surface area contributed by atoms with Crippen LogP contribution in [0.1, 0.15) is 11.3 Å². The Morgan fingerprint density at radius 1 is 1.43 bits per heavy atom. The molecule has 1 aromatic carbocycles. The zero-order valence-electron chi connectivity index (χ0n) is 12.0. The van der Waals surface area contributed by atoms with Gasteiger partial charge in [0.15, 0.2) is 0 Å². The van der Waals surface area contributed by atoms with Gasteiger partial charge in [0.2, 0.25) is 0 Å². The lowest BCUT2D eigenvalue weighted by Gasteiger charge is -2.15. The van der Waals surface area contributed by atoms with E-state index in [4.69, 9.17) is 9.84 Å². The Hall–Kier alpha value is -1.87. The second-order valence-corrected chi connectivity index (χ2v) is 5.27. The molecule has 0 spiro atoms. The average molecular weight is 302 g/mol. The van der Waals surface area contributed by atoms with Crippen molar-refractivity contribution in [2.24, 2.45) is 0 Å². The van der Waals surface area contributed by atoms with Gasteiger partial charge in [-0.15, -0.1) is 11.3 Å². The molecular formula is C16H18N2O2S. The first kappa shape index (κ1) is 15.5. The van der Waals surface area contributed by atoms with Gasteiger partial charge in [0.1, 0.15) is 19.0 Å². The van der Waals surface area contributed by atoms with Crippen molar-refractivity contribution < 1.29 is 9.84 Å². The molecule has 4 nitrogen and oxygen atoms in total. The van der Waals surface area contributed by atoms with Crippen molar-refractivity contribution in [2.75, 3.05) is 26.8 Å². The largest absolute Gasteiger partial charge is 0.492 e. The van der Waals surface area contributed by atoms with Crippen molar-refractivity contribution in [3.05, 3.63) is 46.4 Å². The molecule has 0 radical (unpaired) electrons. The molecule has 0 bridgehead atoms. The minimum Gasteiger partial charge on any atom is -0.492 e. The summed E-state index contributed by atoms with van der Waals surface area (Å²) < 4.78 is 5.73. The van der Waals surface area contributed by atoms with E-state index in [0.717, 1.165) is 30.1 Å². The molecule has 0 amide bonds. The van der Waals surface area contributed by atoms with Crippen molar-refractivity contribution in [3.8, 4) is 17.6 Å². The quantitative estimate of drug-likeness (QED) is 0.829. The Kier molecular flexibility index (Phi) is 6.22. The third-order valence-electron chi connectivity index (χ3n) is 2.80. The van der Waals surface area contributed by atoms with E-state index >= 15 is 0 Å². The zero-order valence-corrected chi connectivity index (χ0v) is 12.8. The summed E-state index contributed by atoms with van der Waals surface area (Å²) >= 11 is 1.61. The first-order valence-corrected chi connectivity index (χ1v) is 7.60. The van der Waals surface area contributed by atoms with Crippen molar-refractivity contribution >= 4 is 11.3 Å². The Bertz CT molecular complexity index is 602. The van der Waals surface area contributed by atoms with Gasteiger partial charge in [-0.25, -0.2) is 4.98 Å². The highest BCUT2D eigenvalue weighted by molar-refractivity contribution is 7.07. The monoisotopic (exact) mass is 302 g/mol. The molecule has 0 saturated heterocycles. The number of aromatic nitrogens is 1. The number of aliphatic hydroxyl groups is 1. The summed E-state index contributed by atoms with van der Waals surface area (Å²) in [5.74, 6) is 6.29. The lowest BCUT2D eigenvalue weighted by Crippen LogP contribution is -2.24. The molecule has 0 unspecified atom stereocenters. The number of likely N-dealkylation sites (N-methyl/N-ethyl adjacent to an activating group) is 1. The van der Waals surface area contributed by atoms with Gasteiger partial charge in [0.25, 0.3) is 0 Å². The van der Waals surface area contributed by atoms with Crippen LogP contribution in [0.2, 0.25) is 0 Å². The fourth-order valence-electron chi connectivity index (χ4n) is 1.80. The smallest absolute Gasteiger partial charge is 0.120 e. The number of hydrogen-bond acceptors (Lipinski definition) is 5. The predicted molar refractivity (Wildman–Crippen MR) is 84.3 cm³/mol. The summed E-state index contributed by atoms with van der Waals surface area (Å²) in [6, 6.07) is 7.58. The normalized spacial score (nSPS) is 10.2. The third kappa shape index (κ3) is 5.56. The predicted octanol–water partition coefficient (Wildman–Crippen LogP) is 2.00. The maximum atomic E-state index is 8.69. The topological polar surface area (TPSA) is 45.6 Å². The van der Waals surface area contributed by atoms with Gasteiger partial charge < -0.3 is 9.84 Å². The molecule has 2 aromatic rings. The van der Waals surface area contributed by atoms with Crippen LogP contribution < -0.4 is 4.74 Å². The van der Waals surface area contributed by atoms with Crippen molar-refractivity contribution in [1.29, 1.82) is 0 Å². The highest BCUT2D eigenvalue weighted by atomic mass is 32.1. The van der Waals surface area contributed by atoms with Crippen LogP contribution in [0.25, 0.3) is 0 Å². The van der Waals surface area contributed by atoms with E-state index in [0.29, 0.717) is 6.61 Å². The molecule has 1 aromatic heterocycles. The Morgan fingerprint density at radius 2 is 2.33 bits per heavy atom. The number of rotatable bonds is 6. The standard InChI is InChI=1S/C16H18N2O2S/c1-18(11-15-12-21-13-17-15)7-9-20-16-6-2-4-14(10-16)5-3-8-19/h2,4,6,10,12-13,19H,7-9,11H2,1H3. The fourth-order valence-corrected chi connectivity index (χ4v) is 2.35. The second kappa shape index (κ2) is 8.42. The number of hydrogen-bond donors (Lipinski definition) is 1. The number of nitrogens with zero attached hydrogens (tertiary/aromatic N) is 2. The summed E-state index contributed by atoms with van der Waals surface area (Å²) in [7, 11) is 2.05. The van der Waals surface area contributed by atoms with Crippen molar-refractivity contribution in [3.63, 3.8) is 0 Å². The molecule has 1 N–H and O–H groups in total. The number of thiazole rings is 1. The molecule has 0 saturated carbocycles. The van der Waals surface area contributed by atoms with Gasteiger partial charge in [-0.1, -0.05) is 17.9 Å². The molecule has 5 heteroatoms. The van der Waals surface area contributed by atoms with Crippen molar-refractivity contribution in [2.45, 2.75) is 6.54 Å². The Morgan fingerprint density at radius 3 is 3.10 bits per heavy atom. The maximum Gasteiger partial charge on any atom is 0.120 e. The Labute approximate surface area is 129 Å². The van der Waals surface area contributed by atoms with Gasteiger partial charge in [-0.2, -0.15) is 0 Å². The van der Waals surface area contributed by atoms with Crippen LogP contribution in [0.15, 0.2) is 35.2 Å².